The molecule has 2 rings (SSSR count). The third kappa shape index (κ3) is 2.52. The van der Waals surface area contributed by atoms with E-state index >= 15 is 0 Å². The van der Waals surface area contributed by atoms with Gasteiger partial charge in [0, 0.05) is 19.1 Å². The van der Waals surface area contributed by atoms with Gasteiger partial charge in [0.1, 0.15) is 11.4 Å². The number of ether oxygens (including phenoxy) is 1. The average Bonchev–Trinajstić information content (AvgIpc) is 2.77. The number of rotatable bonds is 3. The highest BCUT2D eigenvalue weighted by atomic mass is 16.5. The topological polar surface area (TPSA) is 73.4 Å². The first-order valence-corrected chi connectivity index (χ1v) is 6.77. The molecule has 0 radical (unpaired) electrons. The van der Waals surface area contributed by atoms with Crippen molar-refractivity contribution in [3.8, 4) is 0 Å². The van der Waals surface area contributed by atoms with E-state index in [9.17, 15) is 4.79 Å². The van der Waals surface area contributed by atoms with Gasteiger partial charge in [-0.1, -0.05) is 0 Å². The van der Waals surface area contributed by atoms with Crippen molar-refractivity contribution in [1.29, 1.82) is 0 Å². The SMILES string of the molecule is COC(=O)c1c(N2CCCCC2)nn(C(C)C)c1N. The van der Waals surface area contributed by atoms with Crippen LogP contribution < -0.4 is 10.6 Å². The van der Waals surface area contributed by atoms with Crippen LogP contribution >= 0.6 is 0 Å². The van der Waals surface area contributed by atoms with Crippen LogP contribution in [-0.4, -0.2) is 35.9 Å². The van der Waals surface area contributed by atoms with E-state index < -0.39 is 5.97 Å². The van der Waals surface area contributed by atoms with Gasteiger partial charge in [0.15, 0.2) is 5.82 Å². The molecule has 0 unspecified atom stereocenters. The second kappa shape index (κ2) is 5.50. The average molecular weight is 266 g/mol. The van der Waals surface area contributed by atoms with Gasteiger partial charge >= 0.3 is 5.97 Å². The molecule has 1 saturated heterocycles. The first kappa shape index (κ1) is 13.7. The number of carbonyl (C=O) groups excluding carboxylic acids is 1. The number of aromatic nitrogens is 2. The fraction of sp³-hybridized carbons (Fsp3) is 0.692. The Morgan fingerprint density at radius 2 is 1.95 bits per heavy atom. The number of nitrogens with two attached hydrogens (primary N) is 1. The number of methoxy groups -OCH3 is 1. The molecule has 0 amide bonds. The summed E-state index contributed by atoms with van der Waals surface area (Å²) in [5, 5.41) is 4.52. The van der Waals surface area contributed by atoms with Crippen molar-refractivity contribution in [1.82, 2.24) is 9.78 Å². The molecule has 1 aliphatic heterocycles. The Morgan fingerprint density at radius 3 is 2.47 bits per heavy atom. The molecule has 6 heteroatoms. The van der Waals surface area contributed by atoms with Crippen LogP contribution in [0.4, 0.5) is 11.6 Å². The monoisotopic (exact) mass is 266 g/mol. The Morgan fingerprint density at radius 1 is 1.32 bits per heavy atom. The van der Waals surface area contributed by atoms with Crippen LogP contribution in [0.1, 0.15) is 49.5 Å². The van der Waals surface area contributed by atoms with Crippen molar-refractivity contribution in [2.75, 3.05) is 30.8 Å². The van der Waals surface area contributed by atoms with E-state index in [1.807, 2.05) is 13.8 Å². The predicted octanol–water partition coefficient (Wildman–Crippen LogP) is 1.82. The molecule has 0 spiro atoms. The summed E-state index contributed by atoms with van der Waals surface area (Å²) in [5.41, 5.74) is 6.46. The summed E-state index contributed by atoms with van der Waals surface area (Å²) >= 11 is 0. The standard InChI is InChI=1S/C13H22N4O2/c1-9(2)17-11(14)10(13(18)19-3)12(15-17)16-7-5-4-6-8-16/h9H,4-8,14H2,1-3H3. The molecule has 2 N–H and O–H groups in total. The highest BCUT2D eigenvalue weighted by Gasteiger charge is 2.28. The van der Waals surface area contributed by atoms with Gasteiger partial charge in [-0.05, 0) is 33.1 Å². The van der Waals surface area contributed by atoms with Gasteiger partial charge in [-0.15, -0.1) is 0 Å². The Labute approximate surface area is 113 Å². The Bertz CT molecular complexity index is 461. The molecule has 1 aliphatic rings. The molecule has 1 fully saturated rings. The lowest BCUT2D eigenvalue weighted by Gasteiger charge is -2.27. The van der Waals surface area contributed by atoms with Crippen molar-refractivity contribution in [2.45, 2.75) is 39.2 Å². The molecule has 19 heavy (non-hydrogen) atoms. The maximum Gasteiger partial charge on any atom is 0.345 e. The second-order valence-corrected chi connectivity index (χ2v) is 5.16. The number of carbonyl (C=O) groups is 1. The zero-order valence-electron chi connectivity index (χ0n) is 11.8. The Balaban J connectivity index is 2.45. The quantitative estimate of drug-likeness (QED) is 0.845. The zero-order chi connectivity index (χ0) is 14.0. The lowest BCUT2D eigenvalue weighted by Crippen LogP contribution is -2.31. The zero-order valence-corrected chi connectivity index (χ0v) is 11.8. The number of hydrogen-bond acceptors (Lipinski definition) is 5. The summed E-state index contributed by atoms with van der Waals surface area (Å²) in [6, 6.07) is 0.113. The first-order chi connectivity index (χ1) is 9.06. The maximum absolute atomic E-state index is 12.0. The molecule has 0 atom stereocenters. The van der Waals surface area contributed by atoms with Gasteiger partial charge in [0.2, 0.25) is 0 Å². The molecule has 0 saturated carbocycles. The van der Waals surface area contributed by atoms with Crippen molar-refractivity contribution < 1.29 is 9.53 Å². The number of hydrogen-bond donors (Lipinski definition) is 1. The number of piperidine rings is 1. The molecular weight excluding hydrogens is 244 g/mol. The molecule has 0 bridgehead atoms. The summed E-state index contributed by atoms with van der Waals surface area (Å²) in [6.07, 6.45) is 3.47. The number of nitrogens with zero attached hydrogens (tertiary/aromatic N) is 3. The van der Waals surface area contributed by atoms with Crippen LogP contribution in [0, 0.1) is 0 Å². The summed E-state index contributed by atoms with van der Waals surface area (Å²) in [4.78, 5) is 14.1. The fourth-order valence-electron chi connectivity index (χ4n) is 2.45. The fourth-order valence-corrected chi connectivity index (χ4v) is 2.45. The minimum absolute atomic E-state index is 0.113. The Hall–Kier alpha value is -1.72. The molecule has 0 aliphatic carbocycles. The summed E-state index contributed by atoms with van der Waals surface area (Å²) < 4.78 is 6.53. The smallest absolute Gasteiger partial charge is 0.345 e. The van der Waals surface area contributed by atoms with E-state index in [-0.39, 0.29) is 6.04 Å². The molecule has 2 heterocycles. The highest BCUT2D eigenvalue weighted by molar-refractivity contribution is 5.99. The Kier molecular flexibility index (Phi) is 3.97. The van der Waals surface area contributed by atoms with E-state index in [1.54, 1.807) is 4.68 Å². The lowest BCUT2D eigenvalue weighted by atomic mass is 10.1. The van der Waals surface area contributed by atoms with Crippen LogP contribution in [0.3, 0.4) is 0 Å². The van der Waals surface area contributed by atoms with E-state index in [1.165, 1.54) is 13.5 Å². The lowest BCUT2D eigenvalue weighted by molar-refractivity contribution is 0.0602. The maximum atomic E-state index is 12.0. The molecular formula is C13H22N4O2. The highest BCUT2D eigenvalue weighted by Crippen LogP contribution is 2.30. The van der Waals surface area contributed by atoms with Gasteiger partial charge in [0.05, 0.1) is 7.11 Å². The van der Waals surface area contributed by atoms with E-state index in [4.69, 9.17) is 10.5 Å². The van der Waals surface area contributed by atoms with Crippen LogP contribution in [-0.2, 0) is 4.74 Å². The van der Waals surface area contributed by atoms with Crippen LogP contribution in [0.5, 0.6) is 0 Å². The molecule has 6 nitrogen and oxygen atoms in total. The van der Waals surface area contributed by atoms with Gasteiger partial charge in [-0.3, -0.25) is 0 Å². The van der Waals surface area contributed by atoms with Gasteiger partial charge in [-0.25, -0.2) is 9.48 Å². The second-order valence-electron chi connectivity index (χ2n) is 5.16. The number of anilines is 2. The van der Waals surface area contributed by atoms with Crippen molar-refractivity contribution in [3.05, 3.63) is 5.56 Å². The van der Waals surface area contributed by atoms with Gasteiger partial charge in [-0.2, -0.15) is 5.10 Å². The van der Waals surface area contributed by atoms with Crippen molar-refractivity contribution in [2.24, 2.45) is 0 Å². The molecule has 1 aromatic heterocycles. The van der Waals surface area contributed by atoms with E-state index in [0.29, 0.717) is 17.2 Å². The normalized spacial score (nSPS) is 15.9. The molecule has 1 aromatic rings. The predicted molar refractivity (Wildman–Crippen MR) is 74.4 cm³/mol. The minimum Gasteiger partial charge on any atom is -0.465 e. The largest absolute Gasteiger partial charge is 0.465 e. The first-order valence-electron chi connectivity index (χ1n) is 6.77. The van der Waals surface area contributed by atoms with Crippen LogP contribution in [0.2, 0.25) is 0 Å². The summed E-state index contributed by atoms with van der Waals surface area (Å²) in [5.74, 6) is 0.644. The third-order valence-corrected chi connectivity index (χ3v) is 3.46. The number of nitrogen functional groups attached to an aromatic ring is 1. The molecule has 106 valence electrons. The van der Waals surface area contributed by atoms with Gasteiger partial charge in [0.25, 0.3) is 0 Å². The van der Waals surface area contributed by atoms with Crippen LogP contribution in [0.25, 0.3) is 0 Å². The van der Waals surface area contributed by atoms with E-state index in [2.05, 4.69) is 10.00 Å². The third-order valence-electron chi connectivity index (χ3n) is 3.46. The summed E-state index contributed by atoms with van der Waals surface area (Å²) in [6.45, 7) is 5.81. The van der Waals surface area contributed by atoms with Crippen molar-refractivity contribution >= 4 is 17.6 Å². The minimum atomic E-state index is -0.412. The number of esters is 1. The van der Waals surface area contributed by atoms with E-state index in [0.717, 1.165) is 25.9 Å². The molecule has 0 aromatic carbocycles. The van der Waals surface area contributed by atoms with Crippen molar-refractivity contribution in [3.63, 3.8) is 0 Å². The van der Waals surface area contributed by atoms with Crippen LogP contribution in [0.15, 0.2) is 0 Å². The summed E-state index contributed by atoms with van der Waals surface area (Å²) in [7, 11) is 1.37. The van der Waals surface area contributed by atoms with Gasteiger partial charge < -0.3 is 15.4 Å².